The van der Waals surface area contributed by atoms with Crippen LogP contribution in [0.15, 0.2) is 66.7 Å². The summed E-state index contributed by atoms with van der Waals surface area (Å²) in [6, 6.07) is 20.3. The van der Waals surface area contributed by atoms with Crippen LogP contribution < -0.4 is 10.1 Å². The Morgan fingerprint density at radius 1 is 1.03 bits per heavy atom. The number of carboxylic acid groups (broad SMARTS) is 1. The van der Waals surface area contributed by atoms with E-state index in [1.54, 1.807) is 18.2 Å². The number of carbonyl (C=O) groups excluding carboxylic acids is 1. The van der Waals surface area contributed by atoms with E-state index < -0.39 is 17.4 Å². The second-order valence-corrected chi connectivity index (χ2v) is 8.61. The Balaban J connectivity index is 1.46. The van der Waals surface area contributed by atoms with E-state index >= 15 is 0 Å². The van der Waals surface area contributed by atoms with Crippen molar-refractivity contribution in [2.24, 2.45) is 0 Å². The minimum Gasteiger partial charge on any atom is -0.493 e. The van der Waals surface area contributed by atoms with Gasteiger partial charge in [-0.3, -0.25) is 4.79 Å². The van der Waals surface area contributed by atoms with Crippen LogP contribution in [0.1, 0.15) is 32.6 Å². The Kier molecular flexibility index (Phi) is 6.19. The molecular formula is C26H24ClNO4. The van der Waals surface area contributed by atoms with Crippen LogP contribution in [0, 0.1) is 6.92 Å². The topological polar surface area (TPSA) is 75.6 Å². The van der Waals surface area contributed by atoms with E-state index in [0.717, 1.165) is 22.3 Å². The number of aryl methyl sites for hydroxylation is 1. The summed E-state index contributed by atoms with van der Waals surface area (Å²) in [6.45, 7) is 2.34. The second-order valence-electron chi connectivity index (χ2n) is 8.17. The van der Waals surface area contributed by atoms with Gasteiger partial charge in [0.1, 0.15) is 11.3 Å². The number of nitrogens with one attached hydrogen (secondary N) is 1. The third kappa shape index (κ3) is 4.63. The van der Waals surface area contributed by atoms with Gasteiger partial charge in [-0.15, -0.1) is 0 Å². The van der Waals surface area contributed by atoms with Crippen molar-refractivity contribution in [2.45, 2.75) is 31.7 Å². The first kappa shape index (κ1) is 21.9. The summed E-state index contributed by atoms with van der Waals surface area (Å²) >= 11 is 6.03. The van der Waals surface area contributed by atoms with E-state index in [9.17, 15) is 14.7 Å². The minimum atomic E-state index is -1.35. The van der Waals surface area contributed by atoms with Crippen LogP contribution in [-0.4, -0.2) is 29.1 Å². The maximum Gasteiger partial charge on any atom is 0.330 e. The van der Waals surface area contributed by atoms with Gasteiger partial charge in [-0.05, 0) is 53.4 Å². The maximum atomic E-state index is 13.0. The standard InChI is InChI=1S/C26H24ClNO4/c1-17-9-10-19(14-23(17)32-12-11-18-5-4-8-22(27)13-18)24(29)28-26(25(30)31)15-20-6-2-3-7-21(20)16-26/h2-10,13-14H,11-12,15-16H2,1H3,(H,28,29)(H,30,31). The quantitative estimate of drug-likeness (QED) is 0.551. The highest BCUT2D eigenvalue weighted by Crippen LogP contribution is 2.31. The predicted octanol–water partition coefficient (Wildman–Crippen LogP) is 4.62. The molecule has 0 saturated carbocycles. The third-order valence-electron chi connectivity index (χ3n) is 5.85. The van der Waals surface area contributed by atoms with Gasteiger partial charge in [0.2, 0.25) is 0 Å². The van der Waals surface area contributed by atoms with Gasteiger partial charge in [0.05, 0.1) is 6.61 Å². The lowest BCUT2D eigenvalue weighted by Crippen LogP contribution is -2.55. The Hall–Kier alpha value is -3.31. The lowest BCUT2D eigenvalue weighted by atomic mass is 9.95. The number of benzene rings is 3. The third-order valence-corrected chi connectivity index (χ3v) is 6.09. The first-order chi connectivity index (χ1) is 15.4. The monoisotopic (exact) mass is 449 g/mol. The van der Waals surface area contributed by atoms with Crippen molar-refractivity contribution in [3.63, 3.8) is 0 Å². The van der Waals surface area contributed by atoms with Crippen LogP contribution in [0.3, 0.4) is 0 Å². The molecule has 0 unspecified atom stereocenters. The molecule has 0 saturated heterocycles. The Morgan fingerprint density at radius 2 is 1.75 bits per heavy atom. The van der Waals surface area contributed by atoms with E-state index in [1.165, 1.54) is 0 Å². The van der Waals surface area contributed by atoms with Gasteiger partial charge >= 0.3 is 5.97 Å². The van der Waals surface area contributed by atoms with E-state index in [-0.39, 0.29) is 12.8 Å². The number of rotatable bonds is 7. The fraction of sp³-hybridized carbons (Fsp3) is 0.231. The van der Waals surface area contributed by atoms with Crippen molar-refractivity contribution in [3.05, 3.63) is 99.6 Å². The summed E-state index contributed by atoms with van der Waals surface area (Å²) in [5.41, 5.74) is 2.87. The van der Waals surface area contributed by atoms with Gasteiger partial charge < -0.3 is 15.2 Å². The highest BCUT2D eigenvalue weighted by atomic mass is 35.5. The van der Waals surface area contributed by atoms with Crippen molar-refractivity contribution >= 4 is 23.5 Å². The SMILES string of the molecule is Cc1ccc(C(=O)NC2(C(=O)O)Cc3ccccc3C2)cc1OCCc1cccc(Cl)c1. The molecule has 6 heteroatoms. The van der Waals surface area contributed by atoms with Gasteiger partial charge in [0.15, 0.2) is 0 Å². The molecule has 32 heavy (non-hydrogen) atoms. The Morgan fingerprint density at radius 3 is 2.41 bits per heavy atom. The second kappa shape index (κ2) is 9.05. The smallest absolute Gasteiger partial charge is 0.330 e. The first-order valence-corrected chi connectivity index (χ1v) is 10.8. The number of carboxylic acids is 1. The maximum absolute atomic E-state index is 13.0. The molecule has 164 valence electrons. The van der Waals surface area contributed by atoms with E-state index in [2.05, 4.69) is 5.32 Å². The summed E-state index contributed by atoms with van der Waals surface area (Å²) < 4.78 is 5.93. The Bertz CT molecular complexity index is 1150. The molecule has 1 aliphatic rings. The van der Waals surface area contributed by atoms with Crippen LogP contribution in [0.5, 0.6) is 5.75 Å². The number of aliphatic carboxylic acids is 1. The lowest BCUT2D eigenvalue weighted by Gasteiger charge is -2.25. The molecule has 1 amide bonds. The molecule has 3 aromatic rings. The van der Waals surface area contributed by atoms with Crippen molar-refractivity contribution in [2.75, 3.05) is 6.61 Å². The number of hydrogen-bond acceptors (Lipinski definition) is 3. The molecule has 0 heterocycles. The summed E-state index contributed by atoms with van der Waals surface area (Å²) in [7, 11) is 0. The van der Waals surface area contributed by atoms with E-state index in [1.807, 2.05) is 55.5 Å². The van der Waals surface area contributed by atoms with Gasteiger partial charge in [0.25, 0.3) is 5.91 Å². The largest absolute Gasteiger partial charge is 0.493 e. The number of hydrogen-bond donors (Lipinski definition) is 2. The van der Waals surface area contributed by atoms with Crippen LogP contribution >= 0.6 is 11.6 Å². The number of amides is 1. The molecule has 0 aromatic heterocycles. The minimum absolute atomic E-state index is 0.263. The van der Waals surface area contributed by atoms with Crippen molar-refractivity contribution in [1.29, 1.82) is 0 Å². The summed E-state index contributed by atoms with van der Waals surface area (Å²) in [4.78, 5) is 25.1. The fourth-order valence-corrected chi connectivity index (χ4v) is 4.28. The van der Waals surface area contributed by atoms with E-state index in [0.29, 0.717) is 29.4 Å². The van der Waals surface area contributed by atoms with Gasteiger partial charge in [0, 0.05) is 29.8 Å². The first-order valence-electron chi connectivity index (χ1n) is 10.5. The molecule has 4 rings (SSSR count). The molecule has 0 atom stereocenters. The van der Waals surface area contributed by atoms with Crippen molar-refractivity contribution < 1.29 is 19.4 Å². The average Bonchev–Trinajstić information content (AvgIpc) is 3.14. The molecule has 0 radical (unpaired) electrons. The van der Waals surface area contributed by atoms with Crippen LogP contribution in [-0.2, 0) is 24.1 Å². The Labute approximate surface area is 192 Å². The summed E-state index contributed by atoms with van der Waals surface area (Å²) in [5.74, 6) is -0.870. The summed E-state index contributed by atoms with van der Waals surface area (Å²) in [5, 5.41) is 13.4. The van der Waals surface area contributed by atoms with Crippen LogP contribution in [0.4, 0.5) is 0 Å². The molecule has 0 aliphatic heterocycles. The van der Waals surface area contributed by atoms with Crippen molar-refractivity contribution in [1.82, 2.24) is 5.32 Å². The molecule has 5 nitrogen and oxygen atoms in total. The number of halogens is 1. The zero-order valence-corrected chi connectivity index (χ0v) is 18.5. The number of ether oxygens (including phenoxy) is 1. The molecule has 2 N–H and O–H groups in total. The molecular weight excluding hydrogens is 426 g/mol. The number of carbonyl (C=O) groups is 2. The van der Waals surface area contributed by atoms with Gasteiger partial charge in [-0.25, -0.2) is 4.79 Å². The molecule has 0 bridgehead atoms. The molecule has 0 spiro atoms. The van der Waals surface area contributed by atoms with Crippen LogP contribution in [0.2, 0.25) is 5.02 Å². The highest BCUT2D eigenvalue weighted by Gasteiger charge is 2.45. The van der Waals surface area contributed by atoms with Crippen LogP contribution in [0.25, 0.3) is 0 Å². The lowest BCUT2D eigenvalue weighted by molar-refractivity contribution is -0.144. The van der Waals surface area contributed by atoms with Gasteiger partial charge in [-0.2, -0.15) is 0 Å². The molecule has 3 aromatic carbocycles. The fourth-order valence-electron chi connectivity index (χ4n) is 4.07. The molecule has 0 fully saturated rings. The normalized spacial score (nSPS) is 13.9. The van der Waals surface area contributed by atoms with Gasteiger partial charge in [-0.1, -0.05) is 54.1 Å². The summed E-state index contributed by atoms with van der Waals surface area (Å²) in [6.07, 6.45) is 1.20. The highest BCUT2D eigenvalue weighted by molar-refractivity contribution is 6.30. The zero-order chi connectivity index (χ0) is 22.7. The van der Waals surface area contributed by atoms with Crippen molar-refractivity contribution in [3.8, 4) is 5.75 Å². The zero-order valence-electron chi connectivity index (χ0n) is 17.7. The predicted molar refractivity (Wildman–Crippen MR) is 124 cm³/mol. The molecule has 1 aliphatic carbocycles. The number of fused-ring (bicyclic) bond motifs is 1. The average molecular weight is 450 g/mol. The van der Waals surface area contributed by atoms with E-state index in [4.69, 9.17) is 16.3 Å².